The van der Waals surface area contributed by atoms with E-state index in [4.69, 9.17) is 9.47 Å². The van der Waals surface area contributed by atoms with Crippen molar-refractivity contribution in [3.05, 3.63) is 65.7 Å². The van der Waals surface area contributed by atoms with Crippen molar-refractivity contribution in [2.45, 2.75) is 19.3 Å². The lowest BCUT2D eigenvalue weighted by atomic mass is 9.79. The Balaban J connectivity index is 1.53. The number of methoxy groups -OCH3 is 1. The molecular weight excluding hydrogens is 352 g/mol. The minimum atomic E-state index is -0.0940. The molecule has 1 saturated heterocycles. The quantitative estimate of drug-likeness (QED) is 0.700. The van der Waals surface area contributed by atoms with Gasteiger partial charge in [-0.15, -0.1) is 0 Å². The van der Waals surface area contributed by atoms with Crippen LogP contribution in [0.4, 0.5) is 0 Å². The topological polar surface area (TPSA) is 59.6 Å². The molecule has 0 aromatic heterocycles. The van der Waals surface area contributed by atoms with Gasteiger partial charge in [-0.3, -0.25) is 4.79 Å². The summed E-state index contributed by atoms with van der Waals surface area (Å²) >= 11 is 0. The molecule has 1 aliphatic rings. The fraction of sp³-hybridized carbons (Fsp3) is 0.435. The predicted molar refractivity (Wildman–Crippen MR) is 111 cm³/mol. The number of nitrogens with one attached hydrogen (secondary N) is 2. The number of amides is 1. The molecule has 1 aliphatic heterocycles. The summed E-state index contributed by atoms with van der Waals surface area (Å²) in [5.41, 5.74) is 2.31. The van der Waals surface area contributed by atoms with E-state index in [1.807, 2.05) is 42.5 Å². The molecule has 1 heterocycles. The smallest absolute Gasteiger partial charge is 0.257 e. The molecule has 28 heavy (non-hydrogen) atoms. The molecule has 0 spiro atoms. The van der Waals surface area contributed by atoms with Crippen LogP contribution in [0.1, 0.15) is 24.0 Å². The van der Waals surface area contributed by atoms with Crippen LogP contribution in [0.15, 0.2) is 54.6 Å². The highest BCUT2D eigenvalue weighted by Crippen LogP contribution is 2.28. The molecule has 5 nitrogen and oxygen atoms in total. The summed E-state index contributed by atoms with van der Waals surface area (Å²) in [6, 6.07) is 18.2. The first-order valence-corrected chi connectivity index (χ1v) is 9.92. The molecule has 5 heteroatoms. The van der Waals surface area contributed by atoms with Crippen LogP contribution >= 0.6 is 0 Å². The molecule has 0 aliphatic carbocycles. The van der Waals surface area contributed by atoms with E-state index < -0.39 is 0 Å². The molecule has 1 fully saturated rings. The Morgan fingerprint density at radius 3 is 2.54 bits per heavy atom. The molecule has 3 rings (SSSR count). The van der Waals surface area contributed by atoms with Gasteiger partial charge in [-0.25, -0.2) is 0 Å². The van der Waals surface area contributed by atoms with Crippen LogP contribution in [0.2, 0.25) is 0 Å². The maximum atomic E-state index is 12.4. The van der Waals surface area contributed by atoms with E-state index >= 15 is 0 Å². The summed E-state index contributed by atoms with van der Waals surface area (Å²) < 4.78 is 11.3. The Bertz CT molecular complexity index is 737. The number of carbonyl (C=O) groups is 1. The molecule has 150 valence electrons. The lowest BCUT2D eigenvalue weighted by molar-refractivity contribution is -0.124. The third kappa shape index (κ3) is 5.81. The van der Waals surface area contributed by atoms with Crippen molar-refractivity contribution in [2.24, 2.45) is 5.41 Å². The van der Waals surface area contributed by atoms with Crippen molar-refractivity contribution in [2.75, 3.05) is 40.0 Å². The largest absolute Gasteiger partial charge is 0.483 e. The Morgan fingerprint density at radius 2 is 1.79 bits per heavy atom. The molecule has 0 bridgehead atoms. The highest BCUT2D eigenvalue weighted by Gasteiger charge is 2.32. The number of para-hydroxylation sites is 1. The zero-order chi connectivity index (χ0) is 19.7. The highest BCUT2D eigenvalue weighted by molar-refractivity contribution is 5.77. The Kier molecular flexibility index (Phi) is 7.46. The number of hydrogen-bond acceptors (Lipinski definition) is 4. The normalized spacial score (nSPS) is 15.8. The summed E-state index contributed by atoms with van der Waals surface area (Å²) in [6.45, 7) is 3.23. The van der Waals surface area contributed by atoms with Gasteiger partial charge in [-0.2, -0.15) is 0 Å². The Hall–Kier alpha value is -2.37. The van der Waals surface area contributed by atoms with Gasteiger partial charge in [0.2, 0.25) is 0 Å². The van der Waals surface area contributed by atoms with Gasteiger partial charge in [-0.05, 0) is 43.1 Å². The standard InChI is InChI=1S/C23H30N2O3/c1-27-18-23(11-13-24-14-12-23)17-25-22(26)16-28-21-10-6-5-9-20(21)15-19-7-3-2-4-8-19/h2-10,24H,11-18H2,1H3,(H,25,26). The molecule has 1 amide bonds. The zero-order valence-electron chi connectivity index (χ0n) is 16.6. The van der Waals surface area contributed by atoms with Crippen LogP contribution in [0, 0.1) is 5.41 Å². The second-order valence-corrected chi connectivity index (χ2v) is 7.52. The third-order valence-corrected chi connectivity index (χ3v) is 5.34. The first-order valence-electron chi connectivity index (χ1n) is 9.92. The predicted octanol–water partition coefficient (Wildman–Crippen LogP) is 2.79. The van der Waals surface area contributed by atoms with Gasteiger partial charge < -0.3 is 20.1 Å². The second kappa shape index (κ2) is 10.2. The van der Waals surface area contributed by atoms with Gasteiger partial charge in [0.15, 0.2) is 6.61 Å². The lowest BCUT2D eigenvalue weighted by Gasteiger charge is -2.37. The third-order valence-electron chi connectivity index (χ3n) is 5.34. The number of carbonyl (C=O) groups excluding carboxylic acids is 1. The van der Waals surface area contributed by atoms with Crippen LogP contribution in [0.3, 0.4) is 0 Å². The number of hydrogen-bond donors (Lipinski definition) is 2. The number of benzene rings is 2. The van der Waals surface area contributed by atoms with E-state index in [9.17, 15) is 4.79 Å². The highest BCUT2D eigenvalue weighted by atomic mass is 16.5. The average Bonchev–Trinajstić information content (AvgIpc) is 2.73. The first kappa shape index (κ1) is 20.4. The van der Waals surface area contributed by atoms with Crippen molar-refractivity contribution in [1.82, 2.24) is 10.6 Å². The Morgan fingerprint density at radius 1 is 1.07 bits per heavy atom. The van der Waals surface area contributed by atoms with Crippen molar-refractivity contribution >= 4 is 5.91 Å². The van der Waals surface area contributed by atoms with Gasteiger partial charge in [0.1, 0.15) is 5.75 Å². The monoisotopic (exact) mass is 382 g/mol. The van der Waals surface area contributed by atoms with E-state index in [1.165, 1.54) is 5.56 Å². The van der Waals surface area contributed by atoms with E-state index in [1.54, 1.807) is 7.11 Å². The van der Waals surface area contributed by atoms with Crippen LogP contribution in [0.5, 0.6) is 5.75 Å². The zero-order valence-corrected chi connectivity index (χ0v) is 16.6. The molecule has 2 aromatic carbocycles. The molecule has 2 N–H and O–H groups in total. The minimum Gasteiger partial charge on any atom is -0.483 e. The van der Waals surface area contributed by atoms with Gasteiger partial charge in [0.25, 0.3) is 5.91 Å². The van der Waals surface area contributed by atoms with Crippen LogP contribution in [0.25, 0.3) is 0 Å². The minimum absolute atomic E-state index is 0.0148. The average molecular weight is 383 g/mol. The van der Waals surface area contributed by atoms with Gasteiger partial charge in [-0.1, -0.05) is 48.5 Å². The summed E-state index contributed by atoms with van der Waals surface area (Å²) in [4.78, 5) is 12.4. The summed E-state index contributed by atoms with van der Waals surface area (Å²) in [7, 11) is 1.72. The van der Waals surface area contributed by atoms with Gasteiger partial charge >= 0.3 is 0 Å². The van der Waals surface area contributed by atoms with E-state index in [0.717, 1.165) is 43.7 Å². The molecular formula is C23H30N2O3. The maximum absolute atomic E-state index is 12.4. The Labute approximate surface area is 167 Å². The van der Waals surface area contributed by atoms with Crippen LogP contribution in [-0.2, 0) is 16.0 Å². The molecule has 2 aromatic rings. The maximum Gasteiger partial charge on any atom is 0.257 e. The molecule has 0 atom stereocenters. The van der Waals surface area contributed by atoms with Crippen molar-refractivity contribution in [1.29, 1.82) is 0 Å². The second-order valence-electron chi connectivity index (χ2n) is 7.52. The lowest BCUT2D eigenvalue weighted by Crippen LogP contribution is -2.47. The molecule has 0 radical (unpaired) electrons. The van der Waals surface area contributed by atoms with Crippen LogP contribution in [-0.4, -0.2) is 45.9 Å². The number of piperidine rings is 1. The van der Waals surface area contributed by atoms with Crippen LogP contribution < -0.4 is 15.4 Å². The van der Waals surface area contributed by atoms with Gasteiger partial charge in [0.05, 0.1) is 6.61 Å². The van der Waals surface area contributed by atoms with Crippen molar-refractivity contribution in [3.8, 4) is 5.75 Å². The fourth-order valence-electron chi connectivity index (χ4n) is 3.72. The number of ether oxygens (including phenoxy) is 2. The van der Waals surface area contributed by atoms with Gasteiger partial charge in [0, 0.05) is 25.5 Å². The number of rotatable bonds is 9. The van der Waals surface area contributed by atoms with Crippen molar-refractivity contribution in [3.63, 3.8) is 0 Å². The van der Waals surface area contributed by atoms with E-state index in [-0.39, 0.29) is 17.9 Å². The van der Waals surface area contributed by atoms with E-state index in [2.05, 4.69) is 22.8 Å². The summed E-state index contributed by atoms with van der Waals surface area (Å²) in [5.74, 6) is 0.665. The fourth-order valence-corrected chi connectivity index (χ4v) is 3.72. The summed E-state index contributed by atoms with van der Waals surface area (Å²) in [6.07, 6.45) is 2.78. The molecule has 0 unspecified atom stereocenters. The van der Waals surface area contributed by atoms with E-state index in [0.29, 0.717) is 13.2 Å². The summed E-state index contributed by atoms with van der Waals surface area (Å²) in [5, 5.41) is 6.41. The SMILES string of the molecule is COCC1(CNC(=O)COc2ccccc2Cc2ccccc2)CCNCC1. The van der Waals surface area contributed by atoms with Crippen molar-refractivity contribution < 1.29 is 14.3 Å². The first-order chi connectivity index (χ1) is 13.7. The molecule has 0 saturated carbocycles.